The van der Waals surface area contributed by atoms with E-state index >= 15 is 0 Å². The third-order valence-electron chi connectivity index (χ3n) is 4.26. The van der Waals surface area contributed by atoms with Crippen LogP contribution in [0.4, 0.5) is 0 Å². The molecule has 2 aromatic rings. The first-order valence-corrected chi connectivity index (χ1v) is 8.21. The summed E-state index contributed by atoms with van der Waals surface area (Å²) in [7, 11) is 0. The number of amides is 1. The maximum atomic E-state index is 12.3. The number of aromatic hydroxyl groups is 1. The van der Waals surface area contributed by atoms with E-state index in [1.54, 1.807) is 29.2 Å². The summed E-state index contributed by atoms with van der Waals surface area (Å²) in [5.74, 6) is 0.947. The van der Waals surface area contributed by atoms with E-state index in [-0.39, 0.29) is 11.7 Å². The van der Waals surface area contributed by atoms with Gasteiger partial charge in [0, 0.05) is 32.3 Å². The Morgan fingerprint density at radius 3 is 2.83 bits per heavy atom. The number of nitrogens with zero attached hydrogens (tertiary/aromatic N) is 3. The molecule has 1 N–H and O–H groups in total. The minimum atomic E-state index is 0.171. The van der Waals surface area contributed by atoms with Gasteiger partial charge in [-0.15, -0.1) is 0 Å². The Balaban J connectivity index is 1.46. The standard InChI is InChI=1S/C17H20ClN3O2/c18-15-10-19-21(12-15)8-6-17(23)20-7-5-14(11-20)9-13-1-3-16(22)4-2-13/h1-4,10,12,14,22H,5-9,11H2. The number of carbonyl (C=O) groups is 1. The number of halogens is 1. The number of aryl methyl sites for hydroxylation is 1. The Bertz CT molecular complexity index is 669. The van der Waals surface area contributed by atoms with Gasteiger partial charge >= 0.3 is 0 Å². The summed E-state index contributed by atoms with van der Waals surface area (Å²) in [5, 5.41) is 14.0. The van der Waals surface area contributed by atoms with E-state index in [2.05, 4.69) is 5.10 Å². The van der Waals surface area contributed by atoms with Crippen molar-refractivity contribution in [1.82, 2.24) is 14.7 Å². The van der Waals surface area contributed by atoms with Crippen molar-refractivity contribution in [1.29, 1.82) is 0 Å². The number of likely N-dealkylation sites (tertiary alicyclic amines) is 1. The van der Waals surface area contributed by atoms with Gasteiger partial charge in [-0.2, -0.15) is 5.10 Å². The van der Waals surface area contributed by atoms with Crippen LogP contribution in [0, 0.1) is 5.92 Å². The van der Waals surface area contributed by atoms with Crippen LogP contribution in [0.3, 0.4) is 0 Å². The molecule has 1 fully saturated rings. The van der Waals surface area contributed by atoms with Gasteiger partial charge in [-0.05, 0) is 36.5 Å². The molecule has 3 rings (SSSR count). The summed E-state index contributed by atoms with van der Waals surface area (Å²) < 4.78 is 1.70. The second-order valence-corrected chi connectivity index (χ2v) is 6.47. The molecule has 1 aliphatic rings. The van der Waals surface area contributed by atoms with Crippen LogP contribution < -0.4 is 0 Å². The zero-order valence-corrected chi connectivity index (χ0v) is 13.6. The summed E-state index contributed by atoms with van der Waals surface area (Å²) in [5.41, 5.74) is 1.20. The lowest BCUT2D eigenvalue weighted by atomic mass is 9.99. The molecule has 1 atom stereocenters. The highest BCUT2D eigenvalue weighted by atomic mass is 35.5. The van der Waals surface area contributed by atoms with Crippen molar-refractivity contribution < 1.29 is 9.90 Å². The molecule has 1 aromatic heterocycles. The number of rotatable bonds is 5. The van der Waals surface area contributed by atoms with Crippen molar-refractivity contribution in [2.24, 2.45) is 5.92 Å². The molecule has 0 aliphatic carbocycles. The average molecular weight is 334 g/mol. The third kappa shape index (κ3) is 4.26. The number of hydrogen-bond acceptors (Lipinski definition) is 3. The van der Waals surface area contributed by atoms with Gasteiger partial charge in [0.25, 0.3) is 0 Å². The van der Waals surface area contributed by atoms with E-state index in [4.69, 9.17) is 11.6 Å². The fraction of sp³-hybridized carbons (Fsp3) is 0.412. The lowest BCUT2D eigenvalue weighted by molar-refractivity contribution is -0.130. The molecule has 23 heavy (non-hydrogen) atoms. The summed E-state index contributed by atoms with van der Waals surface area (Å²) in [6.45, 7) is 2.19. The zero-order valence-electron chi connectivity index (χ0n) is 12.9. The minimum Gasteiger partial charge on any atom is -0.508 e. The normalized spacial score (nSPS) is 17.6. The summed E-state index contributed by atoms with van der Waals surface area (Å²) in [4.78, 5) is 14.2. The molecule has 0 radical (unpaired) electrons. The molecule has 1 aromatic carbocycles. The van der Waals surface area contributed by atoms with Gasteiger partial charge in [-0.1, -0.05) is 23.7 Å². The van der Waals surface area contributed by atoms with E-state index in [0.717, 1.165) is 25.9 Å². The van der Waals surface area contributed by atoms with E-state index in [0.29, 0.717) is 23.9 Å². The van der Waals surface area contributed by atoms with Crippen LogP contribution in [0.5, 0.6) is 5.75 Å². The monoisotopic (exact) mass is 333 g/mol. The van der Waals surface area contributed by atoms with Crippen LogP contribution in [-0.2, 0) is 17.8 Å². The Morgan fingerprint density at radius 2 is 2.13 bits per heavy atom. The van der Waals surface area contributed by atoms with Gasteiger partial charge in [0.15, 0.2) is 0 Å². The highest BCUT2D eigenvalue weighted by molar-refractivity contribution is 6.30. The van der Waals surface area contributed by atoms with Gasteiger partial charge in [-0.25, -0.2) is 0 Å². The molecule has 6 heteroatoms. The summed E-state index contributed by atoms with van der Waals surface area (Å²) >= 11 is 5.81. The Hall–Kier alpha value is -2.01. The molecule has 0 saturated carbocycles. The van der Waals surface area contributed by atoms with Crippen molar-refractivity contribution in [3.63, 3.8) is 0 Å². The van der Waals surface area contributed by atoms with E-state index in [9.17, 15) is 9.90 Å². The predicted octanol–water partition coefficient (Wildman–Crippen LogP) is 2.72. The van der Waals surface area contributed by atoms with E-state index < -0.39 is 0 Å². The average Bonchev–Trinajstić information content (AvgIpc) is 3.16. The maximum Gasteiger partial charge on any atom is 0.224 e. The molecule has 122 valence electrons. The summed E-state index contributed by atoms with van der Waals surface area (Å²) in [6.07, 6.45) is 5.73. The van der Waals surface area contributed by atoms with Crippen LogP contribution in [-0.4, -0.2) is 38.8 Å². The van der Waals surface area contributed by atoms with Crippen LogP contribution in [0.1, 0.15) is 18.4 Å². The Labute approximate surface area is 140 Å². The van der Waals surface area contributed by atoms with Crippen molar-refractivity contribution in [3.05, 3.63) is 47.2 Å². The van der Waals surface area contributed by atoms with Gasteiger partial charge in [0.2, 0.25) is 5.91 Å². The number of aromatic nitrogens is 2. The van der Waals surface area contributed by atoms with Crippen molar-refractivity contribution in [2.45, 2.75) is 25.8 Å². The zero-order chi connectivity index (χ0) is 16.2. The van der Waals surface area contributed by atoms with Crippen molar-refractivity contribution in [2.75, 3.05) is 13.1 Å². The summed E-state index contributed by atoms with van der Waals surface area (Å²) in [6, 6.07) is 7.31. The lowest BCUT2D eigenvalue weighted by Gasteiger charge is -2.16. The molecule has 0 spiro atoms. The maximum absolute atomic E-state index is 12.3. The molecule has 0 bridgehead atoms. The largest absolute Gasteiger partial charge is 0.508 e. The highest BCUT2D eigenvalue weighted by Gasteiger charge is 2.26. The van der Waals surface area contributed by atoms with E-state index in [1.165, 1.54) is 5.56 Å². The lowest BCUT2D eigenvalue weighted by Crippen LogP contribution is -2.29. The number of phenolic OH excluding ortho intramolecular Hbond substituents is 1. The fourth-order valence-electron chi connectivity index (χ4n) is 3.02. The fourth-order valence-corrected chi connectivity index (χ4v) is 3.18. The van der Waals surface area contributed by atoms with Crippen LogP contribution in [0.15, 0.2) is 36.7 Å². The van der Waals surface area contributed by atoms with Crippen LogP contribution in [0.25, 0.3) is 0 Å². The Morgan fingerprint density at radius 1 is 1.35 bits per heavy atom. The quantitative estimate of drug-likeness (QED) is 0.915. The predicted molar refractivity (Wildman–Crippen MR) is 88.4 cm³/mol. The minimum absolute atomic E-state index is 0.171. The second-order valence-electron chi connectivity index (χ2n) is 6.04. The Kier molecular flexibility index (Phi) is 4.86. The molecule has 1 aliphatic heterocycles. The first-order valence-electron chi connectivity index (χ1n) is 7.84. The molecular formula is C17H20ClN3O2. The number of hydrogen-bond donors (Lipinski definition) is 1. The highest BCUT2D eigenvalue weighted by Crippen LogP contribution is 2.22. The SMILES string of the molecule is O=C(CCn1cc(Cl)cn1)N1CCC(Cc2ccc(O)cc2)C1. The topological polar surface area (TPSA) is 58.4 Å². The van der Waals surface area contributed by atoms with Crippen molar-refractivity contribution >= 4 is 17.5 Å². The molecular weight excluding hydrogens is 314 g/mol. The first-order chi connectivity index (χ1) is 11.1. The molecule has 1 saturated heterocycles. The van der Waals surface area contributed by atoms with E-state index in [1.807, 2.05) is 17.0 Å². The second kappa shape index (κ2) is 7.04. The molecule has 5 nitrogen and oxygen atoms in total. The van der Waals surface area contributed by atoms with Crippen LogP contribution in [0.2, 0.25) is 5.02 Å². The van der Waals surface area contributed by atoms with Gasteiger partial charge in [0.1, 0.15) is 5.75 Å². The number of carbonyl (C=O) groups excluding carboxylic acids is 1. The molecule has 1 amide bonds. The smallest absolute Gasteiger partial charge is 0.224 e. The molecule has 1 unspecified atom stereocenters. The number of phenols is 1. The van der Waals surface area contributed by atoms with Gasteiger partial charge < -0.3 is 10.0 Å². The van der Waals surface area contributed by atoms with Gasteiger partial charge in [0.05, 0.1) is 11.2 Å². The number of benzene rings is 1. The first kappa shape index (κ1) is 15.9. The molecule has 2 heterocycles. The third-order valence-corrected chi connectivity index (χ3v) is 4.45. The van der Waals surface area contributed by atoms with Crippen molar-refractivity contribution in [3.8, 4) is 5.75 Å². The van der Waals surface area contributed by atoms with Gasteiger partial charge in [-0.3, -0.25) is 9.48 Å². The van der Waals surface area contributed by atoms with Crippen LogP contribution >= 0.6 is 11.6 Å².